The molecule has 1 aromatic carbocycles. The molecular formula is C16H23NO2. The first kappa shape index (κ1) is 12.9. The molecule has 0 saturated heterocycles. The summed E-state index contributed by atoms with van der Waals surface area (Å²) >= 11 is 0. The summed E-state index contributed by atoms with van der Waals surface area (Å²) in [5, 5.41) is 13.3. The van der Waals surface area contributed by atoms with Gasteiger partial charge in [-0.3, -0.25) is 0 Å². The lowest BCUT2D eigenvalue weighted by Crippen LogP contribution is -2.48. The summed E-state index contributed by atoms with van der Waals surface area (Å²) in [6, 6.07) is 8.84. The van der Waals surface area contributed by atoms with Crippen LogP contribution in [0.2, 0.25) is 0 Å². The average molecular weight is 261 g/mol. The van der Waals surface area contributed by atoms with E-state index in [0.29, 0.717) is 6.04 Å². The van der Waals surface area contributed by atoms with Crippen molar-refractivity contribution in [1.29, 1.82) is 0 Å². The molecule has 0 heterocycles. The molecule has 2 N–H and O–H groups in total. The van der Waals surface area contributed by atoms with E-state index in [2.05, 4.69) is 24.4 Å². The fourth-order valence-electron chi connectivity index (χ4n) is 2.97. The Labute approximate surface area is 115 Å². The minimum atomic E-state index is -0.101. The smallest absolute Gasteiger partial charge is 0.119 e. The minimum Gasteiger partial charge on any atom is -0.490 e. The third-order valence-corrected chi connectivity index (χ3v) is 4.28. The molecule has 3 heteroatoms. The van der Waals surface area contributed by atoms with Crippen molar-refractivity contribution in [3.63, 3.8) is 0 Å². The zero-order chi connectivity index (χ0) is 13.3. The highest BCUT2D eigenvalue weighted by atomic mass is 16.5. The third-order valence-electron chi connectivity index (χ3n) is 4.28. The Bertz CT molecular complexity index is 427. The van der Waals surface area contributed by atoms with Crippen LogP contribution < -0.4 is 10.1 Å². The van der Waals surface area contributed by atoms with Gasteiger partial charge >= 0.3 is 0 Å². The van der Waals surface area contributed by atoms with Crippen molar-refractivity contribution in [1.82, 2.24) is 5.32 Å². The van der Waals surface area contributed by atoms with Crippen LogP contribution >= 0.6 is 0 Å². The van der Waals surface area contributed by atoms with E-state index in [4.69, 9.17) is 4.74 Å². The van der Waals surface area contributed by atoms with E-state index in [9.17, 15) is 5.11 Å². The van der Waals surface area contributed by atoms with Crippen LogP contribution in [-0.4, -0.2) is 29.4 Å². The van der Waals surface area contributed by atoms with E-state index in [1.807, 2.05) is 12.1 Å². The molecule has 0 bridgehead atoms. The Balaban J connectivity index is 1.59. The maximum Gasteiger partial charge on any atom is 0.119 e. The fraction of sp³-hybridized carbons (Fsp3) is 0.625. The van der Waals surface area contributed by atoms with Crippen molar-refractivity contribution < 1.29 is 9.84 Å². The second-order valence-electron chi connectivity index (χ2n) is 6.15. The van der Waals surface area contributed by atoms with Crippen LogP contribution in [0, 0.1) is 6.92 Å². The Hall–Kier alpha value is -1.06. The Morgan fingerprint density at radius 2 is 2.00 bits per heavy atom. The van der Waals surface area contributed by atoms with Crippen molar-refractivity contribution in [2.45, 2.75) is 56.7 Å². The molecule has 3 nitrogen and oxygen atoms in total. The molecule has 0 aromatic heterocycles. The molecule has 0 spiro atoms. The van der Waals surface area contributed by atoms with Crippen LogP contribution in [0.3, 0.4) is 0 Å². The van der Waals surface area contributed by atoms with E-state index in [1.165, 1.54) is 18.4 Å². The van der Waals surface area contributed by atoms with E-state index in [0.717, 1.165) is 25.0 Å². The van der Waals surface area contributed by atoms with Gasteiger partial charge in [-0.1, -0.05) is 17.7 Å². The lowest BCUT2D eigenvalue weighted by molar-refractivity contribution is 0.139. The summed E-state index contributed by atoms with van der Waals surface area (Å²) in [4.78, 5) is 0. The predicted molar refractivity (Wildman–Crippen MR) is 75.4 cm³/mol. The van der Waals surface area contributed by atoms with E-state index < -0.39 is 0 Å². The topological polar surface area (TPSA) is 41.5 Å². The number of aryl methyl sites for hydroxylation is 1. The van der Waals surface area contributed by atoms with Gasteiger partial charge < -0.3 is 15.2 Å². The number of nitrogens with one attached hydrogen (secondary N) is 1. The van der Waals surface area contributed by atoms with Gasteiger partial charge in [0.1, 0.15) is 11.9 Å². The first-order chi connectivity index (χ1) is 9.19. The highest BCUT2D eigenvalue weighted by molar-refractivity contribution is 5.26. The Morgan fingerprint density at radius 1 is 1.26 bits per heavy atom. The molecule has 0 aliphatic heterocycles. The van der Waals surface area contributed by atoms with Gasteiger partial charge in [0.2, 0.25) is 0 Å². The zero-order valence-corrected chi connectivity index (χ0v) is 11.6. The largest absolute Gasteiger partial charge is 0.490 e. The number of rotatable bonds is 5. The number of aliphatic hydroxyl groups excluding tert-OH is 1. The van der Waals surface area contributed by atoms with Crippen LogP contribution in [0.5, 0.6) is 5.75 Å². The van der Waals surface area contributed by atoms with Crippen molar-refractivity contribution in [2.75, 3.05) is 6.61 Å². The third kappa shape index (κ3) is 3.10. The summed E-state index contributed by atoms with van der Waals surface area (Å²) in [5.41, 5.74) is 1.15. The zero-order valence-electron chi connectivity index (χ0n) is 11.6. The van der Waals surface area contributed by atoms with Crippen molar-refractivity contribution >= 4 is 0 Å². The van der Waals surface area contributed by atoms with E-state index >= 15 is 0 Å². The second kappa shape index (κ2) is 5.14. The standard InChI is InChI=1S/C16H23NO2/c1-12-2-6-14(7-3-12)19-15-8-9-16(10-15,11-18)17-13-4-5-13/h2-3,6-7,13,15,17-18H,4-5,8-11H2,1H3. The number of hydrogen-bond donors (Lipinski definition) is 2. The molecule has 3 rings (SSSR count). The van der Waals surface area contributed by atoms with Gasteiger partial charge in [-0.15, -0.1) is 0 Å². The summed E-state index contributed by atoms with van der Waals surface area (Å²) in [7, 11) is 0. The molecule has 2 fully saturated rings. The van der Waals surface area contributed by atoms with Crippen LogP contribution in [0.15, 0.2) is 24.3 Å². The van der Waals surface area contributed by atoms with Crippen molar-refractivity contribution in [3.8, 4) is 5.75 Å². The maximum absolute atomic E-state index is 9.70. The van der Waals surface area contributed by atoms with Gasteiger partial charge in [0.25, 0.3) is 0 Å². The van der Waals surface area contributed by atoms with Gasteiger partial charge in [0.05, 0.1) is 6.61 Å². The number of ether oxygens (including phenoxy) is 1. The predicted octanol–water partition coefficient (Wildman–Crippen LogP) is 2.41. The summed E-state index contributed by atoms with van der Waals surface area (Å²) in [5.74, 6) is 0.941. The fourth-order valence-corrected chi connectivity index (χ4v) is 2.97. The van der Waals surface area contributed by atoms with Crippen molar-refractivity contribution in [2.24, 2.45) is 0 Å². The molecule has 2 saturated carbocycles. The monoisotopic (exact) mass is 261 g/mol. The molecule has 0 radical (unpaired) electrons. The van der Waals surface area contributed by atoms with Gasteiger partial charge in [-0.05, 0) is 44.7 Å². The normalized spacial score (nSPS) is 30.5. The number of aliphatic hydroxyl groups is 1. The van der Waals surface area contributed by atoms with Crippen molar-refractivity contribution in [3.05, 3.63) is 29.8 Å². The molecule has 2 atom stereocenters. The van der Waals surface area contributed by atoms with Gasteiger partial charge in [0, 0.05) is 18.0 Å². The van der Waals surface area contributed by atoms with Crippen LogP contribution in [0.1, 0.15) is 37.7 Å². The molecule has 2 aliphatic rings. The van der Waals surface area contributed by atoms with Gasteiger partial charge in [0.15, 0.2) is 0 Å². The number of hydrogen-bond acceptors (Lipinski definition) is 3. The maximum atomic E-state index is 9.70. The quantitative estimate of drug-likeness (QED) is 0.855. The summed E-state index contributed by atoms with van der Waals surface area (Å²) < 4.78 is 6.04. The lowest BCUT2D eigenvalue weighted by atomic mass is 9.98. The van der Waals surface area contributed by atoms with Crippen LogP contribution in [0.4, 0.5) is 0 Å². The highest BCUT2D eigenvalue weighted by Gasteiger charge is 2.42. The lowest BCUT2D eigenvalue weighted by Gasteiger charge is -2.28. The first-order valence-corrected chi connectivity index (χ1v) is 7.31. The number of benzene rings is 1. The first-order valence-electron chi connectivity index (χ1n) is 7.31. The molecule has 2 aliphatic carbocycles. The SMILES string of the molecule is Cc1ccc(OC2CCC(CO)(NC3CC3)C2)cc1. The second-order valence-corrected chi connectivity index (χ2v) is 6.15. The van der Waals surface area contributed by atoms with Crippen LogP contribution in [-0.2, 0) is 0 Å². The van der Waals surface area contributed by atoms with Crippen LogP contribution in [0.25, 0.3) is 0 Å². The van der Waals surface area contributed by atoms with E-state index in [-0.39, 0.29) is 18.2 Å². The molecule has 19 heavy (non-hydrogen) atoms. The van der Waals surface area contributed by atoms with E-state index in [1.54, 1.807) is 0 Å². The molecular weight excluding hydrogens is 238 g/mol. The Kier molecular flexibility index (Phi) is 3.50. The molecule has 0 amide bonds. The average Bonchev–Trinajstić information content (AvgIpc) is 3.13. The molecule has 1 aromatic rings. The summed E-state index contributed by atoms with van der Waals surface area (Å²) in [6.07, 6.45) is 5.68. The van der Waals surface area contributed by atoms with Gasteiger partial charge in [-0.2, -0.15) is 0 Å². The molecule has 104 valence electrons. The molecule has 2 unspecified atom stereocenters. The van der Waals surface area contributed by atoms with Gasteiger partial charge in [-0.25, -0.2) is 0 Å². The summed E-state index contributed by atoms with van der Waals surface area (Å²) in [6.45, 7) is 2.30. The Morgan fingerprint density at radius 3 is 2.63 bits per heavy atom. The minimum absolute atomic E-state index is 0.101. The highest BCUT2D eigenvalue weighted by Crippen LogP contribution is 2.35.